The summed E-state index contributed by atoms with van der Waals surface area (Å²) in [6.45, 7) is 4.65. The van der Waals surface area contributed by atoms with Crippen molar-refractivity contribution in [2.45, 2.75) is 32.4 Å². The van der Waals surface area contributed by atoms with Gasteiger partial charge in [0.15, 0.2) is 0 Å². The molecule has 1 aromatic carbocycles. The van der Waals surface area contributed by atoms with Crippen molar-refractivity contribution in [1.82, 2.24) is 15.2 Å². The molecule has 0 aliphatic rings. The molecule has 1 aromatic heterocycles. The molecule has 1 unspecified atom stereocenters. The molecule has 3 N–H and O–H groups in total. The van der Waals surface area contributed by atoms with Crippen molar-refractivity contribution >= 4 is 11.6 Å². The summed E-state index contributed by atoms with van der Waals surface area (Å²) in [5, 5.41) is 4.92. The van der Waals surface area contributed by atoms with E-state index < -0.39 is 0 Å². The Hall–Kier alpha value is -1.56. The number of rotatable bonds is 7. The van der Waals surface area contributed by atoms with Gasteiger partial charge in [0.1, 0.15) is 5.75 Å². The number of hydrazine groups is 1. The van der Waals surface area contributed by atoms with Crippen LogP contribution in [0.1, 0.15) is 38.0 Å². The Kier molecular flexibility index (Phi) is 5.61. The Balaban J connectivity index is 2.02. The lowest BCUT2D eigenvalue weighted by Crippen LogP contribution is -2.31. The summed E-state index contributed by atoms with van der Waals surface area (Å²) in [6, 6.07) is 9.81. The molecule has 0 saturated heterocycles. The van der Waals surface area contributed by atoms with E-state index in [4.69, 9.17) is 22.2 Å². The van der Waals surface area contributed by atoms with Gasteiger partial charge in [0.2, 0.25) is 0 Å². The summed E-state index contributed by atoms with van der Waals surface area (Å²) < 4.78 is 7.59. The smallest absolute Gasteiger partial charge is 0.119 e. The largest absolute Gasteiger partial charge is 0.494 e. The third kappa shape index (κ3) is 3.97. The van der Waals surface area contributed by atoms with Gasteiger partial charge in [0.25, 0.3) is 0 Å². The number of nitrogens with one attached hydrogen (secondary N) is 1. The molecule has 21 heavy (non-hydrogen) atoms. The summed E-state index contributed by atoms with van der Waals surface area (Å²) in [4.78, 5) is 0. The quantitative estimate of drug-likeness (QED) is 0.609. The number of ether oxygens (including phenoxy) is 1. The van der Waals surface area contributed by atoms with Crippen LogP contribution in [0, 0.1) is 0 Å². The van der Waals surface area contributed by atoms with Crippen molar-refractivity contribution < 1.29 is 4.74 Å². The van der Waals surface area contributed by atoms with Gasteiger partial charge >= 0.3 is 0 Å². The van der Waals surface area contributed by atoms with Crippen LogP contribution in [0.25, 0.3) is 0 Å². The van der Waals surface area contributed by atoms with Crippen molar-refractivity contribution in [1.29, 1.82) is 0 Å². The van der Waals surface area contributed by atoms with Gasteiger partial charge in [-0.1, -0.05) is 29.8 Å². The van der Waals surface area contributed by atoms with Crippen LogP contribution in [0.15, 0.2) is 36.5 Å². The zero-order valence-electron chi connectivity index (χ0n) is 12.3. The minimum atomic E-state index is -0.105. The third-order valence-electron chi connectivity index (χ3n) is 3.23. The highest BCUT2D eigenvalue weighted by atomic mass is 35.5. The summed E-state index contributed by atoms with van der Waals surface area (Å²) >= 11 is 6.24. The predicted octanol–water partition coefficient (Wildman–Crippen LogP) is 3.09. The first-order valence-electron chi connectivity index (χ1n) is 7.00. The number of benzene rings is 1. The molecule has 0 saturated carbocycles. The highest BCUT2D eigenvalue weighted by Crippen LogP contribution is 2.27. The van der Waals surface area contributed by atoms with E-state index >= 15 is 0 Å². The second kappa shape index (κ2) is 7.45. The summed E-state index contributed by atoms with van der Waals surface area (Å²) in [5.74, 6) is 6.52. The number of hydrogen-bond acceptors (Lipinski definition) is 4. The fourth-order valence-corrected chi connectivity index (χ4v) is 2.46. The van der Waals surface area contributed by atoms with Crippen LogP contribution >= 0.6 is 11.6 Å². The highest BCUT2D eigenvalue weighted by Gasteiger charge is 2.20. The minimum absolute atomic E-state index is 0.105. The number of halogens is 1. The van der Waals surface area contributed by atoms with Crippen LogP contribution in [0.5, 0.6) is 5.75 Å². The van der Waals surface area contributed by atoms with Gasteiger partial charge in [0, 0.05) is 12.5 Å². The number of hydrogen-bond donors (Lipinski definition) is 2. The molecule has 0 amide bonds. The fraction of sp³-hybridized carbons (Fsp3) is 0.400. The van der Waals surface area contributed by atoms with Crippen LogP contribution < -0.4 is 16.0 Å². The van der Waals surface area contributed by atoms with E-state index in [2.05, 4.69) is 24.4 Å². The van der Waals surface area contributed by atoms with E-state index in [0.29, 0.717) is 18.1 Å². The summed E-state index contributed by atoms with van der Waals surface area (Å²) in [6.07, 6.45) is 2.35. The normalized spacial score (nSPS) is 12.6. The van der Waals surface area contributed by atoms with E-state index in [1.54, 1.807) is 6.20 Å². The van der Waals surface area contributed by atoms with Gasteiger partial charge in [-0.15, -0.1) is 0 Å². The van der Waals surface area contributed by atoms with Gasteiger partial charge in [-0.2, -0.15) is 5.10 Å². The standard InChI is InChI=1S/C15H21ClN4O/c1-11(2)20-15(13(16)10-18-20)14(19-17)8-9-21-12-6-4-3-5-7-12/h3-7,10-11,14,19H,8-9,17H2,1-2H3. The lowest BCUT2D eigenvalue weighted by Gasteiger charge is -2.20. The SMILES string of the molecule is CC(C)n1ncc(Cl)c1C(CCOc1ccccc1)NN. The monoisotopic (exact) mass is 308 g/mol. The Morgan fingerprint density at radius 3 is 2.67 bits per heavy atom. The molecule has 1 heterocycles. The van der Waals surface area contributed by atoms with Crippen molar-refractivity contribution in [3.05, 3.63) is 47.2 Å². The van der Waals surface area contributed by atoms with Crippen LogP contribution in [0.3, 0.4) is 0 Å². The average molecular weight is 309 g/mol. The molecule has 2 rings (SSSR count). The van der Waals surface area contributed by atoms with Gasteiger partial charge in [-0.25, -0.2) is 0 Å². The first-order valence-corrected chi connectivity index (χ1v) is 7.38. The number of nitrogens with zero attached hydrogens (tertiary/aromatic N) is 2. The molecule has 1 atom stereocenters. The van der Waals surface area contributed by atoms with Crippen LogP contribution in [0.2, 0.25) is 5.02 Å². The van der Waals surface area contributed by atoms with E-state index in [1.807, 2.05) is 35.0 Å². The van der Waals surface area contributed by atoms with Crippen LogP contribution in [-0.4, -0.2) is 16.4 Å². The first kappa shape index (κ1) is 15.8. The molecule has 2 aromatic rings. The second-order valence-electron chi connectivity index (χ2n) is 5.09. The molecule has 0 aliphatic carbocycles. The lowest BCUT2D eigenvalue weighted by molar-refractivity contribution is 0.281. The molecule has 6 heteroatoms. The Bertz CT molecular complexity index is 556. The minimum Gasteiger partial charge on any atom is -0.494 e. The molecule has 0 fully saturated rings. The maximum absolute atomic E-state index is 6.24. The number of aromatic nitrogens is 2. The lowest BCUT2D eigenvalue weighted by atomic mass is 10.1. The first-order chi connectivity index (χ1) is 10.1. The zero-order chi connectivity index (χ0) is 15.2. The Morgan fingerprint density at radius 2 is 2.05 bits per heavy atom. The zero-order valence-corrected chi connectivity index (χ0v) is 13.0. The molecule has 5 nitrogen and oxygen atoms in total. The van der Waals surface area contributed by atoms with Crippen molar-refractivity contribution in [3.8, 4) is 5.75 Å². The van der Waals surface area contributed by atoms with Gasteiger partial charge in [-0.3, -0.25) is 16.0 Å². The average Bonchev–Trinajstić information content (AvgIpc) is 2.87. The molecule has 0 spiro atoms. The molecule has 0 bridgehead atoms. The van der Waals surface area contributed by atoms with Crippen molar-refractivity contribution in [2.24, 2.45) is 5.84 Å². The third-order valence-corrected chi connectivity index (χ3v) is 3.52. The van der Waals surface area contributed by atoms with E-state index in [0.717, 1.165) is 11.4 Å². The summed E-state index contributed by atoms with van der Waals surface area (Å²) in [5.41, 5.74) is 3.70. The van der Waals surface area contributed by atoms with Crippen LogP contribution in [0.4, 0.5) is 0 Å². The van der Waals surface area contributed by atoms with E-state index in [1.165, 1.54) is 0 Å². The topological polar surface area (TPSA) is 65.1 Å². The highest BCUT2D eigenvalue weighted by molar-refractivity contribution is 6.31. The molecule has 0 radical (unpaired) electrons. The fourth-order valence-electron chi connectivity index (χ4n) is 2.20. The maximum Gasteiger partial charge on any atom is 0.119 e. The Labute approximate surface area is 130 Å². The number of para-hydroxylation sites is 1. The van der Waals surface area contributed by atoms with E-state index in [9.17, 15) is 0 Å². The predicted molar refractivity (Wildman–Crippen MR) is 84.2 cm³/mol. The van der Waals surface area contributed by atoms with Crippen LogP contribution in [-0.2, 0) is 0 Å². The van der Waals surface area contributed by atoms with Crippen molar-refractivity contribution in [3.63, 3.8) is 0 Å². The van der Waals surface area contributed by atoms with Gasteiger partial charge in [-0.05, 0) is 26.0 Å². The summed E-state index contributed by atoms with van der Waals surface area (Å²) in [7, 11) is 0. The van der Waals surface area contributed by atoms with Crippen molar-refractivity contribution in [2.75, 3.05) is 6.61 Å². The Morgan fingerprint density at radius 1 is 1.33 bits per heavy atom. The molecule has 114 valence electrons. The van der Waals surface area contributed by atoms with Gasteiger partial charge in [0.05, 0.1) is 29.6 Å². The maximum atomic E-state index is 6.24. The molecule has 0 aliphatic heterocycles. The molecular formula is C15H21ClN4O. The van der Waals surface area contributed by atoms with E-state index in [-0.39, 0.29) is 12.1 Å². The van der Waals surface area contributed by atoms with Gasteiger partial charge < -0.3 is 4.74 Å². The second-order valence-corrected chi connectivity index (χ2v) is 5.49. The molecular weight excluding hydrogens is 288 g/mol. The number of nitrogens with two attached hydrogens (primary N) is 1.